The molecule has 0 aliphatic heterocycles. The first kappa shape index (κ1) is 13.5. The van der Waals surface area contributed by atoms with Gasteiger partial charge in [-0.25, -0.2) is 0 Å². The number of hydrogen-bond donors (Lipinski definition) is 3. The van der Waals surface area contributed by atoms with Crippen molar-refractivity contribution in [2.45, 2.75) is 6.54 Å². The van der Waals surface area contributed by atoms with Gasteiger partial charge in [-0.05, 0) is 35.2 Å². The lowest BCUT2D eigenvalue weighted by Crippen LogP contribution is -2.23. The second kappa shape index (κ2) is 5.49. The topological polar surface area (TPSA) is 74.3 Å². The Morgan fingerprint density at radius 3 is 3.00 bits per heavy atom. The lowest BCUT2D eigenvalue weighted by atomic mass is 10.2. The number of aromatic nitrogens is 1. The fourth-order valence-corrected chi connectivity index (χ4v) is 2.86. The number of methoxy groups -OCH3 is 1. The summed E-state index contributed by atoms with van der Waals surface area (Å²) in [5.74, 6) is 0.310. The van der Waals surface area contributed by atoms with Crippen molar-refractivity contribution >= 4 is 27.5 Å². The normalized spacial score (nSPS) is 10.7. The highest BCUT2D eigenvalue weighted by atomic mass is 32.1. The van der Waals surface area contributed by atoms with Crippen LogP contribution in [0, 0.1) is 0 Å². The van der Waals surface area contributed by atoms with Gasteiger partial charge in [0.25, 0.3) is 5.91 Å². The first-order valence-corrected chi connectivity index (χ1v) is 7.25. The highest BCUT2D eigenvalue weighted by Crippen LogP contribution is 2.26. The third-order valence-electron chi connectivity index (χ3n) is 3.18. The number of phenolic OH excluding ortho intramolecular Hbond substituents is 1. The van der Waals surface area contributed by atoms with Gasteiger partial charge in [0.1, 0.15) is 5.69 Å². The number of aromatic amines is 1. The Morgan fingerprint density at radius 2 is 2.24 bits per heavy atom. The summed E-state index contributed by atoms with van der Waals surface area (Å²) in [6.45, 7) is 0.363. The van der Waals surface area contributed by atoms with Gasteiger partial charge in [-0.15, -0.1) is 11.3 Å². The van der Waals surface area contributed by atoms with Crippen LogP contribution < -0.4 is 10.1 Å². The van der Waals surface area contributed by atoms with E-state index >= 15 is 0 Å². The van der Waals surface area contributed by atoms with Crippen LogP contribution in [0.25, 0.3) is 10.2 Å². The standard InChI is InChI=1S/C15H14N2O3S/c1-20-13-6-9(2-3-12(13)18)8-16-15(19)11-7-14-10(17-11)4-5-21-14/h2-7,17-18H,8H2,1H3,(H,16,19). The summed E-state index contributed by atoms with van der Waals surface area (Å²) in [6, 6.07) is 8.77. The molecule has 2 aromatic heterocycles. The number of carbonyl (C=O) groups is 1. The first-order chi connectivity index (χ1) is 10.2. The largest absolute Gasteiger partial charge is 0.504 e. The van der Waals surface area contributed by atoms with E-state index in [1.54, 1.807) is 29.5 Å². The second-order valence-electron chi connectivity index (χ2n) is 4.57. The zero-order chi connectivity index (χ0) is 14.8. The van der Waals surface area contributed by atoms with Gasteiger partial charge in [-0.2, -0.15) is 0 Å². The van der Waals surface area contributed by atoms with E-state index in [0.717, 1.165) is 15.8 Å². The van der Waals surface area contributed by atoms with E-state index < -0.39 is 0 Å². The molecule has 5 nitrogen and oxygen atoms in total. The lowest BCUT2D eigenvalue weighted by molar-refractivity contribution is 0.0946. The van der Waals surface area contributed by atoms with Gasteiger partial charge in [0.2, 0.25) is 0 Å². The van der Waals surface area contributed by atoms with Crippen LogP contribution >= 0.6 is 11.3 Å². The monoisotopic (exact) mass is 302 g/mol. The predicted octanol–water partition coefficient (Wildman–Crippen LogP) is 2.87. The van der Waals surface area contributed by atoms with Gasteiger partial charge in [0.15, 0.2) is 11.5 Å². The molecule has 2 heterocycles. The molecule has 0 atom stereocenters. The molecule has 3 aromatic rings. The number of H-pyrrole nitrogens is 1. The van der Waals surface area contributed by atoms with Crippen LogP contribution in [0.4, 0.5) is 0 Å². The summed E-state index contributed by atoms with van der Waals surface area (Å²) < 4.78 is 6.10. The molecule has 0 saturated carbocycles. The molecule has 0 saturated heterocycles. The van der Waals surface area contributed by atoms with E-state index in [1.807, 2.05) is 17.5 Å². The van der Waals surface area contributed by atoms with Gasteiger partial charge in [-0.3, -0.25) is 4.79 Å². The molecule has 1 aromatic carbocycles. The summed E-state index contributed by atoms with van der Waals surface area (Å²) in [6.07, 6.45) is 0. The quantitative estimate of drug-likeness (QED) is 0.693. The fraction of sp³-hybridized carbons (Fsp3) is 0.133. The number of fused-ring (bicyclic) bond motifs is 1. The fourth-order valence-electron chi connectivity index (χ4n) is 2.08. The molecule has 1 amide bonds. The molecule has 0 unspecified atom stereocenters. The number of carbonyl (C=O) groups excluding carboxylic acids is 1. The summed E-state index contributed by atoms with van der Waals surface area (Å²) in [5, 5.41) is 14.3. The average molecular weight is 302 g/mol. The molecule has 6 heteroatoms. The average Bonchev–Trinajstić information content (AvgIpc) is 3.07. The number of benzene rings is 1. The van der Waals surface area contributed by atoms with Crippen molar-refractivity contribution in [3.63, 3.8) is 0 Å². The van der Waals surface area contributed by atoms with E-state index in [9.17, 15) is 9.90 Å². The van der Waals surface area contributed by atoms with Gasteiger partial charge in [-0.1, -0.05) is 6.07 Å². The third-order valence-corrected chi connectivity index (χ3v) is 4.05. The molecule has 0 aliphatic rings. The molecular formula is C15H14N2O3S. The number of ether oxygens (including phenoxy) is 1. The summed E-state index contributed by atoms with van der Waals surface area (Å²) in [5.41, 5.74) is 2.37. The maximum absolute atomic E-state index is 12.1. The number of phenols is 1. The van der Waals surface area contributed by atoms with Crippen molar-refractivity contribution in [1.29, 1.82) is 0 Å². The highest BCUT2D eigenvalue weighted by molar-refractivity contribution is 7.17. The molecule has 3 N–H and O–H groups in total. The predicted molar refractivity (Wildman–Crippen MR) is 82.0 cm³/mol. The van der Waals surface area contributed by atoms with E-state index in [1.165, 1.54) is 7.11 Å². The lowest BCUT2D eigenvalue weighted by Gasteiger charge is -2.07. The molecule has 0 bridgehead atoms. The Labute approximate surface area is 125 Å². The van der Waals surface area contributed by atoms with Gasteiger partial charge < -0.3 is 20.1 Å². The van der Waals surface area contributed by atoms with E-state index in [0.29, 0.717) is 18.0 Å². The Morgan fingerprint density at radius 1 is 1.38 bits per heavy atom. The molecule has 21 heavy (non-hydrogen) atoms. The van der Waals surface area contributed by atoms with Crippen LogP contribution in [-0.4, -0.2) is 23.1 Å². The van der Waals surface area contributed by atoms with Crippen molar-refractivity contribution in [1.82, 2.24) is 10.3 Å². The van der Waals surface area contributed by atoms with Gasteiger partial charge in [0, 0.05) is 6.54 Å². The molecule has 108 valence electrons. The minimum atomic E-state index is -0.162. The first-order valence-electron chi connectivity index (χ1n) is 6.37. The Kier molecular flexibility index (Phi) is 3.53. The minimum Gasteiger partial charge on any atom is -0.504 e. The van der Waals surface area contributed by atoms with Crippen molar-refractivity contribution in [3.8, 4) is 11.5 Å². The number of hydrogen-bond acceptors (Lipinski definition) is 4. The van der Waals surface area contributed by atoms with Crippen molar-refractivity contribution in [3.05, 3.63) is 47.0 Å². The van der Waals surface area contributed by atoms with Crippen LogP contribution in [0.2, 0.25) is 0 Å². The second-order valence-corrected chi connectivity index (χ2v) is 5.52. The minimum absolute atomic E-state index is 0.0807. The van der Waals surface area contributed by atoms with Crippen LogP contribution in [0.5, 0.6) is 11.5 Å². The molecular weight excluding hydrogens is 288 g/mol. The summed E-state index contributed by atoms with van der Waals surface area (Å²) in [4.78, 5) is 15.2. The van der Waals surface area contributed by atoms with E-state index in [2.05, 4.69) is 10.3 Å². The van der Waals surface area contributed by atoms with Gasteiger partial charge in [0.05, 0.1) is 17.3 Å². The maximum Gasteiger partial charge on any atom is 0.268 e. The maximum atomic E-state index is 12.1. The van der Waals surface area contributed by atoms with Crippen LogP contribution in [0.1, 0.15) is 16.1 Å². The van der Waals surface area contributed by atoms with Crippen molar-refractivity contribution in [2.24, 2.45) is 0 Å². The zero-order valence-corrected chi connectivity index (χ0v) is 12.2. The van der Waals surface area contributed by atoms with Crippen LogP contribution in [-0.2, 0) is 6.54 Å². The number of rotatable bonds is 4. The summed E-state index contributed by atoms with van der Waals surface area (Å²) >= 11 is 1.59. The Hall–Kier alpha value is -2.47. The Bertz CT molecular complexity index is 763. The van der Waals surface area contributed by atoms with Crippen LogP contribution in [0.3, 0.4) is 0 Å². The molecule has 0 fully saturated rings. The van der Waals surface area contributed by atoms with Crippen molar-refractivity contribution < 1.29 is 14.6 Å². The smallest absolute Gasteiger partial charge is 0.268 e. The van der Waals surface area contributed by atoms with E-state index in [-0.39, 0.29) is 11.7 Å². The zero-order valence-electron chi connectivity index (χ0n) is 11.3. The number of amides is 1. The van der Waals surface area contributed by atoms with Gasteiger partial charge >= 0.3 is 0 Å². The summed E-state index contributed by atoms with van der Waals surface area (Å²) in [7, 11) is 1.49. The number of aromatic hydroxyl groups is 1. The number of nitrogens with one attached hydrogen (secondary N) is 2. The molecule has 3 rings (SSSR count). The van der Waals surface area contributed by atoms with E-state index in [4.69, 9.17) is 4.74 Å². The molecule has 0 aliphatic carbocycles. The van der Waals surface area contributed by atoms with Crippen molar-refractivity contribution in [2.75, 3.05) is 7.11 Å². The highest BCUT2D eigenvalue weighted by Gasteiger charge is 2.10. The molecule has 0 spiro atoms. The SMILES string of the molecule is COc1cc(CNC(=O)c2cc3sccc3[nH]2)ccc1O. The third kappa shape index (κ3) is 2.71. The molecule has 0 radical (unpaired) electrons. The Balaban J connectivity index is 1.69. The van der Waals surface area contributed by atoms with Crippen LogP contribution in [0.15, 0.2) is 35.7 Å². The number of thiophene rings is 1.